The minimum atomic E-state index is 0.838. The number of pyridine rings is 2. The van der Waals surface area contributed by atoms with Crippen molar-refractivity contribution in [3.8, 4) is 0 Å². The number of imidazole rings is 1. The maximum Gasteiger partial charge on any atom is 0.115 e. The predicted molar refractivity (Wildman–Crippen MR) is 126 cm³/mol. The summed E-state index contributed by atoms with van der Waals surface area (Å²) < 4.78 is 2.18. The summed E-state index contributed by atoms with van der Waals surface area (Å²) in [6.45, 7) is 6.38. The zero-order chi connectivity index (χ0) is 21.1. The highest BCUT2D eigenvalue weighted by Crippen LogP contribution is 2.23. The van der Waals surface area contributed by atoms with Crippen LogP contribution in [0.25, 0.3) is 34.1 Å². The molecule has 30 heavy (non-hydrogen) atoms. The third-order valence-corrected chi connectivity index (χ3v) is 5.73. The molecule has 0 amide bonds. The highest BCUT2D eigenvalue weighted by atomic mass is 15.1. The first-order valence-electron chi connectivity index (χ1n) is 10.6. The molecule has 4 heteroatoms. The molecule has 3 heterocycles. The van der Waals surface area contributed by atoms with Gasteiger partial charge in [-0.3, -0.25) is 9.97 Å². The third-order valence-electron chi connectivity index (χ3n) is 5.73. The van der Waals surface area contributed by atoms with Crippen LogP contribution in [0.3, 0.4) is 0 Å². The molecule has 3 aromatic heterocycles. The monoisotopic (exact) mass is 396 g/mol. The zero-order valence-electron chi connectivity index (χ0n) is 18.2. The van der Waals surface area contributed by atoms with Gasteiger partial charge in [0, 0.05) is 30.7 Å². The fourth-order valence-corrected chi connectivity index (χ4v) is 3.69. The van der Waals surface area contributed by atoms with Crippen LogP contribution < -0.4 is 10.6 Å². The number of rotatable bonds is 5. The molecular formula is C26H28N4. The van der Waals surface area contributed by atoms with Gasteiger partial charge in [-0.15, -0.1) is 0 Å². The quantitative estimate of drug-likeness (QED) is 0.507. The first-order chi connectivity index (χ1) is 14.6. The average Bonchev–Trinajstić information content (AvgIpc) is 3.12. The standard InChI is InChI=1S/C26H28N4/c1-5-18(3)9-14-22-19(6-2)10-12-21(28-22)13-16-24-29-26-23(30(24)4)15-11-20-8-7-17-27-25(20)26/h6-12,14-15,17H,5,13,16H2,1-4H3/b18-9+,19-6-,22-14+. The summed E-state index contributed by atoms with van der Waals surface area (Å²) >= 11 is 0. The Balaban J connectivity index is 1.66. The molecule has 0 bridgehead atoms. The van der Waals surface area contributed by atoms with Crippen LogP contribution in [0, 0.1) is 0 Å². The van der Waals surface area contributed by atoms with Gasteiger partial charge in [0.05, 0.1) is 16.4 Å². The molecule has 0 aliphatic carbocycles. The van der Waals surface area contributed by atoms with E-state index in [0.717, 1.165) is 58.1 Å². The van der Waals surface area contributed by atoms with E-state index in [4.69, 9.17) is 9.97 Å². The number of aryl methyl sites for hydroxylation is 3. The highest BCUT2D eigenvalue weighted by molar-refractivity contribution is 6.01. The summed E-state index contributed by atoms with van der Waals surface area (Å²) in [7, 11) is 2.08. The molecule has 0 aliphatic rings. The van der Waals surface area contributed by atoms with Gasteiger partial charge < -0.3 is 4.57 Å². The maximum absolute atomic E-state index is 4.93. The lowest BCUT2D eigenvalue weighted by Crippen LogP contribution is -2.28. The summed E-state index contributed by atoms with van der Waals surface area (Å²) in [6.07, 6.45) is 11.0. The zero-order valence-corrected chi connectivity index (χ0v) is 18.2. The second-order valence-corrected chi connectivity index (χ2v) is 7.69. The van der Waals surface area contributed by atoms with E-state index < -0.39 is 0 Å². The van der Waals surface area contributed by atoms with Gasteiger partial charge in [0.2, 0.25) is 0 Å². The van der Waals surface area contributed by atoms with Crippen molar-refractivity contribution in [3.63, 3.8) is 0 Å². The van der Waals surface area contributed by atoms with Crippen LogP contribution in [-0.4, -0.2) is 19.5 Å². The Hall–Kier alpha value is -3.27. The maximum atomic E-state index is 4.93. The van der Waals surface area contributed by atoms with Crippen LogP contribution in [-0.2, 0) is 19.9 Å². The van der Waals surface area contributed by atoms with E-state index in [9.17, 15) is 0 Å². The molecule has 152 valence electrons. The largest absolute Gasteiger partial charge is 0.331 e. The highest BCUT2D eigenvalue weighted by Gasteiger charge is 2.11. The van der Waals surface area contributed by atoms with Gasteiger partial charge in [0.25, 0.3) is 0 Å². The van der Waals surface area contributed by atoms with Gasteiger partial charge in [-0.2, -0.15) is 0 Å². The molecule has 0 radical (unpaired) electrons. The van der Waals surface area contributed by atoms with Crippen LogP contribution in [0.15, 0.2) is 54.2 Å². The number of allylic oxidation sites excluding steroid dienone is 2. The Morgan fingerprint density at radius 2 is 1.90 bits per heavy atom. The Kier molecular flexibility index (Phi) is 5.75. The lowest BCUT2D eigenvalue weighted by Gasteiger charge is -2.03. The van der Waals surface area contributed by atoms with Crippen molar-refractivity contribution in [3.05, 3.63) is 76.3 Å². The molecular weight excluding hydrogens is 368 g/mol. The van der Waals surface area contributed by atoms with E-state index in [2.05, 4.69) is 85.9 Å². The number of aromatic nitrogens is 4. The predicted octanol–water partition coefficient (Wildman–Crippen LogP) is 4.24. The number of hydrogen-bond acceptors (Lipinski definition) is 3. The SMILES string of the molecule is C/C=c1/ccc(CCc2nc3c4ncccc4ccc3n2C)n/c1=C/C=C(\C)CC. The molecule has 0 spiro atoms. The summed E-state index contributed by atoms with van der Waals surface area (Å²) in [5, 5.41) is 3.32. The molecule has 0 fully saturated rings. The normalized spacial score (nSPS) is 13.7. The Morgan fingerprint density at radius 1 is 1.03 bits per heavy atom. The summed E-state index contributed by atoms with van der Waals surface area (Å²) in [6, 6.07) is 12.6. The molecule has 0 saturated heterocycles. The van der Waals surface area contributed by atoms with Gasteiger partial charge >= 0.3 is 0 Å². The van der Waals surface area contributed by atoms with Crippen molar-refractivity contribution >= 4 is 34.1 Å². The number of benzene rings is 1. The summed E-state index contributed by atoms with van der Waals surface area (Å²) in [5.41, 5.74) is 5.50. The van der Waals surface area contributed by atoms with Crippen molar-refractivity contribution in [1.29, 1.82) is 0 Å². The van der Waals surface area contributed by atoms with Gasteiger partial charge in [0.15, 0.2) is 0 Å². The van der Waals surface area contributed by atoms with Gasteiger partial charge in [-0.1, -0.05) is 42.8 Å². The average molecular weight is 397 g/mol. The second-order valence-electron chi connectivity index (χ2n) is 7.69. The van der Waals surface area contributed by atoms with Crippen molar-refractivity contribution < 1.29 is 0 Å². The second kappa shape index (κ2) is 8.62. The molecule has 4 aromatic rings. The fourth-order valence-electron chi connectivity index (χ4n) is 3.69. The topological polar surface area (TPSA) is 43.6 Å². The van der Waals surface area contributed by atoms with Crippen molar-refractivity contribution in [1.82, 2.24) is 19.5 Å². The van der Waals surface area contributed by atoms with E-state index in [1.807, 2.05) is 12.3 Å². The van der Waals surface area contributed by atoms with Crippen molar-refractivity contribution in [2.45, 2.75) is 40.0 Å². The number of hydrogen-bond donors (Lipinski definition) is 0. The van der Waals surface area contributed by atoms with E-state index in [-0.39, 0.29) is 0 Å². The van der Waals surface area contributed by atoms with Crippen molar-refractivity contribution in [2.75, 3.05) is 0 Å². The third kappa shape index (κ3) is 3.90. The van der Waals surface area contributed by atoms with Crippen LogP contribution in [0.4, 0.5) is 0 Å². The molecule has 0 saturated carbocycles. The van der Waals surface area contributed by atoms with E-state index in [1.165, 1.54) is 10.8 Å². The van der Waals surface area contributed by atoms with Gasteiger partial charge in [-0.25, -0.2) is 4.98 Å². The lowest BCUT2D eigenvalue weighted by molar-refractivity contribution is 0.774. The molecule has 0 aliphatic heterocycles. The van der Waals surface area contributed by atoms with Gasteiger partial charge in [0.1, 0.15) is 11.3 Å². The van der Waals surface area contributed by atoms with Crippen LogP contribution in [0.5, 0.6) is 0 Å². The lowest BCUT2D eigenvalue weighted by atomic mass is 10.1. The Labute approximate surface area is 177 Å². The van der Waals surface area contributed by atoms with E-state index in [0.29, 0.717) is 0 Å². The van der Waals surface area contributed by atoms with Crippen LogP contribution >= 0.6 is 0 Å². The fraction of sp³-hybridized carbons (Fsp3) is 0.269. The molecule has 4 rings (SSSR count). The van der Waals surface area contributed by atoms with Crippen LogP contribution in [0.1, 0.15) is 38.7 Å². The smallest absolute Gasteiger partial charge is 0.115 e. The molecule has 1 aromatic carbocycles. The number of nitrogens with zero attached hydrogens (tertiary/aromatic N) is 4. The minimum Gasteiger partial charge on any atom is -0.331 e. The first-order valence-corrected chi connectivity index (χ1v) is 10.6. The number of fused-ring (bicyclic) bond motifs is 3. The van der Waals surface area contributed by atoms with E-state index >= 15 is 0 Å². The Morgan fingerprint density at radius 3 is 2.70 bits per heavy atom. The summed E-state index contributed by atoms with van der Waals surface area (Å²) in [4.78, 5) is 14.4. The first kappa shape index (κ1) is 20.0. The Bertz CT molecular complexity index is 1360. The molecule has 0 unspecified atom stereocenters. The summed E-state index contributed by atoms with van der Waals surface area (Å²) in [5.74, 6) is 1.06. The minimum absolute atomic E-state index is 0.838. The molecule has 4 nitrogen and oxygen atoms in total. The van der Waals surface area contributed by atoms with Crippen molar-refractivity contribution in [2.24, 2.45) is 7.05 Å². The molecule has 0 atom stereocenters. The van der Waals surface area contributed by atoms with E-state index in [1.54, 1.807) is 0 Å². The van der Waals surface area contributed by atoms with Gasteiger partial charge in [-0.05, 0) is 56.2 Å². The van der Waals surface area contributed by atoms with Crippen LogP contribution in [0.2, 0.25) is 0 Å². The molecule has 0 N–H and O–H groups in total.